The third kappa shape index (κ3) is 2.85. The van der Waals surface area contributed by atoms with Crippen molar-refractivity contribution in [2.24, 2.45) is 0 Å². The van der Waals surface area contributed by atoms with Crippen molar-refractivity contribution in [2.75, 3.05) is 0 Å². The highest BCUT2D eigenvalue weighted by Crippen LogP contribution is 2.26. The maximum Gasteiger partial charge on any atom is 0.308 e. The molecule has 0 amide bonds. The molecule has 0 bridgehead atoms. The summed E-state index contributed by atoms with van der Waals surface area (Å²) in [5, 5.41) is 0. The molecular weight excluding hydrogens is 187 g/mol. The van der Waals surface area contributed by atoms with Crippen molar-refractivity contribution >= 4 is 13.8 Å². The number of ether oxygens (including phenoxy) is 1. The summed E-state index contributed by atoms with van der Waals surface area (Å²) >= 11 is 0. The Kier molecular flexibility index (Phi) is 3.95. The van der Waals surface area contributed by atoms with Gasteiger partial charge in [-0.3, -0.25) is 4.79 Å². The van der Waals surface area contributed by atoms with Crippen molar-refractivity contribution in [3.05, 3.63) is 28.8 Å². The molecule has 0 aliphatic carbocycles. The summed E-state index contributed by atoms with van der Waals surface area (Å²) in [5.41, 5.74) is 3.45. The third-order valence-corrected chi connectivity index (χ3v) is 2.45. The van der Waals surface area contributed by atoms with Gasteiger partial charge in [0.1, 0.15) is 13.6 Å². The lowest BCUT2D eigenvalue weighted by molar-refractivity contribution is -0.131. The Morgan fingerprint density at radius 1 is 1.47 bits per heavy atom. The molecule has 0 saturated heterocycles. The van der Waals surface area contributed by atoms with Gasteiger partial charge in [0.25, 0.3) is 0 Å². The summed E-state index contributed by atoms with van der Waals surface area (Å²) in [4.78, 5) is 11.0. The Hall–Kier alpha value is -1.25. The molecule has 1 aromatic rings. The van der Waals surface area contributed by atoms with E-state index in [4.69, 9.17) is 4.74 Å². The van der Waals surface area contributed by atoms with Crippen LogP contribution < -0.4 is 4.74 Å². The van der Waals surface area contributed by atoms with Crippen molar-refractivity contribution in [2.45, 2.75) is 33.5 Å². The Bertz CT molecular complexity index is 372. The SMILES string of the molecule is BCc1cc(C)c(OC(C)=O)c(CC)c1. The highest BCUT2D eigenvalue weighted by atomic mass is 16.5. The molecule has 1 rings (SSSR count). The van der Waals surface area contributed by atoms with Crippen LogP contribution in [0, 0.1) is 6.92 Å². The van der Waals surface area contributed by atoms with Gasteiger partial charge in [0.15, 0.2) is 0 Å². The number of aryl methyl sites for hydroxylation is 2. The highest BCUT2D eigenvalue weighted by molar-refractivity contribution is 6.08. The van der Waals surface area contributed by atoms with E-state index in [1.807, 2.05) is 6.92 Å². The number of benzene rings is 1. The zero-order valence-corrected chi connectivity index (χ0v) is 9.89. The monoisotopic (exact) mass is 204 g/mol. The van der Waals surface area contributed by atoms with Crippen LogP contribution in [0.4, 0.5) is 0 Å². The van der Waals surface area contributed by atoms with Crippen LogP contribution in [0.1, 0.15) is 30.5 Å². The van der Waals surface area contributed by atoms with Crippen LogP contribution in [-0.4, -0.2) is 13.8 Å². The lowest BCUT2D eigenvalue weighted by Gasteiger charge is -2.12. The van der Waals surface area contributed by atoms with Gasteiger partial charge in [-0.25, -0.2) is 0 Å². The fraction of sp³-hybridized carbons (Fsp3) is 0.417. The second kappa shape index (κ2) is 5.01. The number of hydrogen-bond acceptors (Lipinski definition) is 2. The topological polar surface area (TPSA) is 26.3 Å². The predicted molar refractivity (Wildman–Crippen MR) is 64.1 cm³/mol. The first-order valence-corrected chi connectivity index (χ1v) is 5.39. The fourth-order valence-electron chi connectivity index (χ4n) is 1.68. The van der Waals surface area contributed by atoms with Crippen LogP contribution in [0.25, 0.3) is 0 Å². The first-order valence-electron chi connectivity index (χ1n) is 5.39. The zero-order valence-electron chi connectivity index (χ0n) is 9.89. The summed E-state index contributed by atoms with van der Waals surface area (Å²) in [6.07, 6.45) is 1.89. The molecule has 0 N–H and O–H groups in total. The van der Waals surface area contributed by atoms with Gasteiger partial charge in [-0.1, -0.05) is 30.9 Å². The second-order valence-corrected chi connectivity index (χ2v) is 3.70. The third-order valence-electron chi connectivity index (χ3n) is 2.45. The Labute approximate surface area is 92.0 Å². The van der Waals surface area contributed by atoms with E-state index >= 15 is 0 Å². The average Bonchev–Trinajstić information content (AvgIpc) is 2.20. The minimum atomic E-state index is -0.253. The Morgan fingerprint density at radius 3 is 2.60 bits per heavy atom. The number of rotatable bonds is 3. The molecule has 0 radical (unpaired) electrons. The molecule has 0 aromatic heterocycles. The van der Waals surface area contributed by atoms with E-state index < -0.39 is 0 Å². The average molecular weight is 204 g/mol. The van der Waals surface area contributed by atoms with E-state index in [0.717, 1.165) is 29.6 Å². The van der Waals surface area contributed by atoms with Crippen LogP contribution in [0.15, 0.2) is 12.1 Å². The van der Waals surface area contributed by atoms with E-state index in [-0.39, 0.29) is 5.97 Å². The standard InChI is InChI=1S/C12H17BO2/c1-4-11-6-10(7-13)5-8(2)12(11)15-9(3)14/h5-6H,4,7,13H2,1-3H3. The summed E-state index contributed by atoms with van der Waals surface area (Å²) < 4.78 is 5.23. The van der Waals surface area contributed by atoms with Crippen LogP contribution in [-0.2, 0) is 17.5 Å². The highest BCUT2D eigenvalue weighted by Gasteiger charge is 2.09. The van der Waals surface area contributed by atoms with Gasteiger partial charge in [0, 0.05) is 6.92 Å². The van der Waals surface area contributed by atoms with E-state index in [2.05, 4.69) is 26.9 Å². The summed E-state index contributed by atoms with van der Waals surface area (Å²) in [7, 11) is 2.12. The lowest BCUT2D eigenvalue weighted by Crippen LogP contribution is -2.06. The minimum Gasteiger partial charge on any atom is -0.426 e. The van der Waals surface area contributed by atoms with Gasteiger partial charge in [0.2, 0.25) is 0 Å². The van der Waals surface area contributed by atoms with E-state index in [1.54, 1.807) is 0 Å². The molecule has 0 aliphatic heterocycles. The van der Waals surface area contributed by atoms with Crippen molar-refractivity contribution in [3.63, 3.8) is 0 Å². The fourth-order valence-corrected chi connectivity index (χ4v) is 1.68. The molecule has 0 saturated carbocycles. The Morgan fingerprint density at radius 2 is 2.13 bits per heavy atom. The molecule has 0 unspecified atom stereocenters. The van der Waals surface area contributed by atoms with Gasteiger partial charge < -0.3 is 4.74 Å². The van der Waals surface area contributed by atoms with Crippen molar-refractivity contribution in [1.82, 2.24) is 0 Å². The number of esters is 1. The molecule has 15 heavy (non-hydrogen) atoms. The zero-order chi connectivity index (χ0) is 11.4. The molecule has 2 nitrogen and oxygen atoms in total. The smallest absolute Gasteiger partial charge is 0.308 e. The molecule has 0 spiro atoms. The van der Waals surface area contributed by atoms with E-state index in [9.17, 15) is 4.79 Å². The maximum absolute atomic E-state index is 11.0. The first-order chi connectivity index (χ1) is 7.08. The lowest BCUT2D eigenvalue weighted by atomic mass is 9.93. The second-order valence-electron chi connectivity index (χ2n) is 3.70. The molecule has 0 aliphatic rings. The van der Waals surface area contributed by atoms with Crippen LogP contribution in [0.5, 0.6) is 5.75 Å². The van der Waals surface area contributed by atoms with Gasteiger partial charge in [-0.15, -0.1) is 0 Å². The molecular formula is C12H17BO2. The molecule has 80 valence electrons. The minimum absolute atomic E-state index is 0.253. The van der Waals surface area contributed by atoms with Crippen molar-refractivity contribution < 1.29 is 9.53 Å². The summed E-state index contributed by atoms with van der Waals surface area (Å²) in [6.45, 7) is 5.49. The van der Waals surface area contributed by atoms with Gasteiger partial charge in [0.05, 0.1) is 0 Å². The first kappa shape index (κ1) is 11.8. The normalized spacial score (nSPS) is 10.1. The van der Waals surface area contributed by atoms with Crippen molar-refractivity contribution in [1.29, 1.82) is 0 Å². The van der Waals surface area contributed by atoms with Gasteiger partial charge in [-0.05, 0) is 24.5 Å². The molecule has 0 heterocycles. The Balaban J connectivity index is 3.18. The summed E-state index contributed by atoms with van der Waals surface area (Å²) in [6, 6.07) is 4.20. The van der Waals surface area contributed by atoms with Crippen LogP contribution in [0.2, 0.25) is 0 Å². The molecule has 0 atom stereocenters. The van der Waals surface area contributed by atoms with Crippen LogP contribution in [0.3, 0.4) is 0 Å². The van der Waals surface area contributed by atoms with Crippen LogP contribution >= 0.6 is 0 Å². The van der Waals surface area contributed by atoms with Gasteiger partial charge in [-0.2, -0.15) is 0 Å². The quantitative estimate of drug-likeness (QED) is 0.424. The van der Waals surface area contributed by atoms with E-state index in [1.165, 1.54) is 12.5 Å². The largest absolute Gasteiger partial charge is 0.426 e. The molecule has 3 heteroatoms. The number of hydrogen-bond donors (Lipinski definition) is 0. The molecule has 1 aromatic carbocycles. The number of carbonyl (C=O) groups is 1. The molecule has 0 fully saturated rings. The maximum atomic E-state index is 11.0. The summed E-state index contributed by atoms with van der Waals surface area (Å²) in [5.74, 6) is 0.485. The predicted octanol–water partition coefficient (Wildman–Crippen LogP) is 1.62. The van der Waals surface area contributed by atoms with E-state index in [0.29, 0.717) is 0 Å². The number of carbonyl (C=O) groups excluding carboxylic acids is 1. The van der Waals surface area contributed by atoms with Crippen molar-refractivity contribution in [3.8, 4) is 5.75 Å². The van der Waals surface area contributed by atoms with Gasteiger partial charge >= 0.3 is 5.97 Å².